The van der Waals surface area contributed by atoms with Crippen molar-refractivity contribution >= 4 is 5.78 Å². The van der Waals surface area contributed by atoms with Crippen molar-refractivity contribution < 1.29 is 9.90 Å². The average molecular weight is 236 g/mol. The summed E-state index contributed by atoms with van der Waals surface area (Å²) in [6.07, 6.45) is 5.19. The molecule has 0 bridgehead atoms. The van der Waals surface area contributed by atoms with Gasteiger partial charge in [0.2, 0.25) is 0 Å². The van der Waals surface area contributed by atoms with Gasteiger partial charge in [-0.15, -0.1) is 0 Å². The Morgan fingerprint density at radius 2 is 1.94 bits per heavy atom. The molecule has 1 N–H and O–H groups in total. The fraction of sp³-hybridized carbons (Fsp3) is 0.800. The Morgan fingerprint density at radius 1 is 1.29 bits per heavy atom. The molecule has 0 aromatic heterocycles. The van der Waals surface area contributed by atoms with Crippen LogP contribution >= 0.6 is 0 Å². The number of aliphatic hydroxyl groups is 1. The summed E-state index contributed by atoms with van der Waals surface area (Å²) < 4.78 is 0. The van der Waals surface area contributed by atoms with Crippen LogP contribution in [0.2, 0.25) is 0 Å². The van der Waals surface area contributed by atoms with Crippen LogP contribution in [0.5, 0.6) is 0 Å². The van der Waals surface area contributed by atoms with Crippen LogP contribution in [-0.4, -0.2) is 16.5 Å². The van der Waals surface area contributed by atoms with Gasteiger partial charge in [-0.25, -0.2) is 0 Å². The first-order valence-electron chi connectivity index (χ1n) is 6.66. The minimum absolute atomic E-state index is 0.199. The molecule has 2 heteroatoms. The zero-order chi connectivity index (χ0) is 12.8. The highest BCUT2D eigenvalue weighted by molar-refractivity contribution is 5.94. The maximum Gasteiger partial charge on any atom is 0.158 e. The van der Waals surface area contributed by atoms with Crippen molar-refractivity contribution in [3.63, 3.8) is 0 Å². The number of fused-ring (bicyclic) bond motifs is 1. The Hall–Kier alpha value is -0.630. The smallest absolute Gasteiger partial charge is 0.158 e. The largest absolute Gasteiger partial charge is 0.390 e. The second-order valence-corrected chi connectivity index (χ2v) is 6.81. The van der Waals surface area contributed by atoms with Gasteiger partial charge in [-0.3, -0.25) is 4.79 Å². The summed E-state index contributed by atoms with van der Waals surface area (Å²) in [6.45, 7) is 8.36. The third-order valence-electron chi connectivity index (χ3n) is 5.01. The molecule has 2 nitrogen and oxygen atoms in total. The molecule has 0 amide bonds. The predicted molar refractivity (Wildman–Crippen MR) is 68.6 cm³/mol. The summed E-state index contributed by atoms with van der Waals surface area (Å²) in [4.78, 5) is 11.8. The number of ketones is 1. The van der Waals surface area contributed by atoms with E-state index in [1.54, 1.807) is 0 Å². The van der Waals surface area contributed by atoms with Gasteiger partial charge in [0.1, 0.15) is 0 Å². The van der Waals surface area contributed by atoms with Crippen LogP contribution in [0.25, 0.3) is 0 Å². The molecule has 2 aliphatic rings. The standard InChI is InChI=1S/C15H24O2/c1-10-5-6-11-12(9-14(11,2)3)15(4,17)8-7-13(10)16/h5,11-12,17H,6-9H2,1-4H3. The van der Waals surface area contributed by atoms with Gasteiger partial charge in [0, 0.05) is 6.42 Å². The van der Waals surface area contributed by atoms with Crippen molar-refractivity contribution in [2.45, 2.75) is 59.0 Å². The van der Waals surface area contributed by atoms with Crippen molar-refractivity contribution in [1.29, 1.82) is 0 Å². The summed E-state index contributed by atoms with van der Waals surface area (Å²) >= 11 is 0. The number of hydrogen-bond donors (Lipinski definition) is 1. The normalized spacial score (nSPS) is 41.5. The Kier molecular flexibility index (Phi) is 2.97. The minimum atomic E-state index is -0.672. The highest BCUT2D eigenvalue weighted by atomic mass is 16.3. The zero-order valence-electron chi connectivity index (χ0n) is 11.4. The van der Waals surface area contributed by atoms with E-state index in [0.717, 1.165) is 18.4 Å². The molecule has 0 aromatic carbocycles. The fourth-order valence-corrected chi connectivity index (χ4v) is 3.55. The van der Waals surface area contributed by atoms with Crippen LogP contribution in [0.4, 0.5) is 0 Å². The average Bonchev–Trinajstić information content (AvgIpc) is 2.24. The van der Waals surface area contributed by atoms with E-state index in [1.165, 1.54) is 0 Å². The Labute approximate surface area is 104 Å². The molecular formula is C15H24O2. The molecule has 1 saturated carbocycles. The highest BCUT2D eigenvalue weighted by Gasteiger charge is 2.53. The molecular weight excluding hydrogens is 212 g/mol. The lowest BCUT2D eigenvalue weighted by molar-refractivity contribution is -0.141. The van der Waals surface area contributed by atoms with Crippen molar-refractivity contribution in [3.8, 4) is 0 Å². The van der Waals surface area contributed by atoms with E-state index in [4.69, 9.17) is 0 Å². The van der Waals surface area contributed by atoms with Crippen molar-refractivity contribution in [2.75, 3.05) is 0 Å². The zero-order valence-corrected chi connectivity index (χ0v) is 11.4. The van der Waals surface area contributed by atoms with Crippen LogP contribution < -0.4 is 0 Å². The predicted octanol–water partition coefficient (Wildman–Crippen LogP) is 3.10. The van der Waals surface area contributed by atoms with E-state index < -0.39 is 5.60 Å². The van der Waals surface area contributed by atoms with Crippen LogP contribution in [0, 0.1) is 17.3 Å². The first kappa shape index (κ1) is 12.8. The van der Waals surface area contributed by atoms with Gasteiger partial charge in [-0.2, -0.15) is 0 Å². The van der Waals surface area contributed by atoms with Crippen molar-refractivity contribution in [2.24, 2.45) is 17.3 Å². The maximum atomic E-state index is 11.8. The lowest BCUT2D eigenvalue weighted by atomic mass is 9.50. The summed E-state index contributed by atoms with van der Waals surface area (Å²) in [5, 5.41) is 10.6. The minimum Gasteiger partial charge on any atom is -0.390 e. The van der Waals surface area contributed by atoms with Gasteiger partial charge in [0.05, 0.1) is 5.60 Å². The summed E-state index contributed by atoms with van der Waals surface area (Å²) in [5.41, 5.74) is 0.511. The molecule has 3 atom stereocenters. The topological polar surface area (TPSA) is 37.3 Å². The number of allylic oxidation sites excluding steroid dienone is 2. The third kappa shape index (κ3) is 2.20. The second kappa shape index (κ2) is 3.94. The first-order chi connectivity index (χ1) is 7.74. The molecule has 2 aliphatic carbocycles. The third-order valence-corrected chi connectivity index (χ3v) is 5.01. The number of carbonyl (C=O) groups excluding carboxylic acids is 1. The summed E-state index contributed by atoms with van der Waals surface area (Å²) in [7, 11) is 0. The van der Waals surface area contributed by atoms with Gasteiger partial charge in [-0.05, 0) is 55.9 Å². The van der Waals surface area contributed by atoms with Gasteiger partial charge in [0.15, 0.2) is 5.78 Å². The van der Waals surface area contributed by atoms with E-state index in [1.807, 2.05) is 13.8 Å². The number of hydrogen-bond acceptors (Lipinski definition) is 2. The molecule has 1 fully saturated rings. The van der Waals surface area contributed by atoms with E-state index in [2.05, 4.69) is 19.9 Å². The lowest BCUT2D eigenvalue weighted by Crippen LogP contribution is -2.54. The molecule has 0 radical (unpaired) electrons. The van der Waals surface area contributed by atoms with E-state index in [-0.39, 0.29) is 5.78 Å². The van der Waals surface area contributed by atoms with Crippen LogP contribution in [0.1, 0.15) is 53.4 Å². The lowest BCUT2D eigenvalue weighted by Gasteiger charge is -2.56. The molecule has 0 aromatic rings. The molecule has 0 saturated heterocycles. The van der Waals surface area contributed by atoms with Crippen molar-refractivity contribution in [3.05, 3.63) is 11.6 Å². The van der Waals surface area contributed by atoms with E-state index in [0.29, 0.717) is 30.1 Å². The Morgan fingerprint density at radius 3 is 2.53 bits per heavy atom. The quantitative estimate of drug-likeness (QED) is 0.701. The number of Topliss-reactive ketones (excluding diaryl/α,β-unsaturated/α-hetero) is 1. The SMILES string of the molecule is CC1=CCC2C(CC2(C)C)C(C)(O)CCC1=O. The fourth-order valence-electron chi connectivity index (χ4n) is 3.55. The van der Waals surface area contributed by atoms with E-state index in [9.17, 15) is 9.90 Å². The molecule has 3 unspecified atom stereocenters. The molecule has 2 rings (SSSR count). The molecule has 0 heterocycles. The highest BCUT2D eigenvalue weighted by Crippen LogP contribution is 2.57. The molecule has 17 heavy (non-hydrogen) atoms. The number of carbonyl (C=O) groups is 1. The van der Waals surface area contributed by atoms with Gasteiger partial charge >= 0.3 is 0 Å². The summed E-state index contributed by atoms with van der Waals surface area (Å²) in [6, 6.07) is 0. The monoisotopic (exact) mass is 236 g/mol. The maximum absolute atomic E-state index is 11.8. The molecule has 0 aliphatic heterocycles. The van der Waals surface area contributed by atoms with Gasteiger partial charge < -0.3 is 5.11 Å². The first-order valence-corrected chi connectivity index (χ1v) is 6.66. The van der Waals surface area contributed by atoms with Crippen LogP contribution in [0.15, 0.2) is 11.6 Å². The van der Waals surface area contributed by atoms with E-state index >= 15 is 0 Å². The molecule has 0 spiro atoms. The van der Waals surface area contributed by atoms with Crippen LogP contribution in [-0.2, 0) is 4.79 Å². The van der Waals surface area contributed by atoms with Crippen LogP contribution in [0.3, 0.4) is 0 Å². The second-order valence-electron chi connectivity index (χ2n) is 6.81. The summed E-state index contributed by atoms with van der Waals surface area (Å²) in [5.74, 6) is 1.06. The van der Waals surface area contributed by atoms with Gasteiger partial charge in [-0.1, -0.05) is 19.9 Å². The van der Waals surface area contributed by atoms with Gasteiger partial charge in [0.25, 0.3) is 0 Å². The Balaban J connectivity index is 2.26. The molecule has 96 valence electrons. The van der Waals surface area contributed by atoms with Crippen molar-refractivity contribution in [1.82, 2.24) is 0 Å². The number of rotatable bonds is 0. The Bertz CT molecular complexity index is 363.